The van der Waals surface area contributed by atoms with Crippen molar-refractivity contribution in [1.29, 1.82) is 0 Å². The number of aryl methyl sites for hydroxylation is 1. The molecule has 1 amide bonds. The van der Waals surface area contributed by atoms with Crippen LogP contribution in [0.25, 0.3) is 10.2 Å². The van der Waals surface area contributed by atoms with Crippen LogP contribution in [-0.2, 0) is 4.74 Å². The number of nitrogens with one attached hydrogen (secondary N) is 1. The van der Waals surface area contributed by atoms with Gasteiger partial charge in [0.1, 0.15) is 40.5 Å². The second-order valence-electron chi connectivity index (χ2n) is 8.41. The zero-order chi connectivity index (χ0) is 25.1. The lowest BCUT2D eigenvalue weighted by molar-refractivity contribution is -0.410. The molecular weight excluding hydrogens is 475 g/mol. The minimum atomic E-state index is -1.02. The molecule has 0 radical (unpaired) electrons. The molecule has 1 aliphatic rings. The lowest BCUT2D eigenvalue weighted by atomic mass is 9.88. The van der Waals surface area contributed by atoms with Gasteiger partial charge in [-0.15, -0.1) is 15.9 Å². The first kappa shape index (κ1) is 24.5. The summed E-state index contributed by atoms with van der Waals surface area (Å²) in [5, 5.41) is 13.3. The molecule has 0 bridgehead atoms. The summed E-state index contributed by atoms with van der Waals surface area (Å²) in [4.78, 5) is 32.4. The highest BCUT2D eigenvalue weighted by Gasteiger charge is 2.26. The van der Waals surface area contributed by atoms with Gasteiger partial charge in [0.15, 0.2) is 6.21 Å². The van der Waals surface area contributed by atoms with E-state index in [9.17, 15) is 19.1 Å². The van der Waals surface area contributed by atoms with Crippen molar-refractivity contribution in [3.05, 3.63) is 40.8 Å². The number of thiophene rings is 1. The van der Waals surface area contributed by atoms with Crippen LogP contribution >= 0.6 is 11.3 Å². The van der Waals surface area contributed by atoms with Crippen LogP contribution in [0.15, 0.2) is 24.5 Å². The van der Waals surface area contributed by atoms with Crippen LogP contribution < -0.4 is 10.1 Å². The summed E-state index contributed by atoms with van der Waals surface area (Å²) in [5.41, 5.74) is 1.09. The number of aromatic carboxylic acids is 1. The fraction of sp³-hybridized carbons (Fsp3) is 0.375. The average molecular weight is 502 g/mol. The maximum Gasteiger partial charge on any atom is 0.595 e. The summed E-state index contributed by atoms with van der Waals surface area (Å²) in [7, 11) is 3.01. The molecule has 0 saturated heterocycles. The van der Waals surface area contributed by atoms with E-state index in [1.54, 1.807) is 20.0 Å². The van der Waals surface area contributed by atoms with Crippen molar-refractivity contribution < 1.29 is 33.1 Å². The third-order valence-corrected chi connectivity index (χ3v) is 7.22. The molecule has 0 unspecified atom stereocenters. The van der Waals surface area contributed by atoms with E-state index in [4.69, 9.17) is 9.47 Å². The number of amides is 1. The van der Waals surface area contributed by atoms with Crippen LogP contribution in [-0.4, -0.2) is 58.2 Å². The van der Waals surface area contributed by atoms with Crippen molar-refractivity contribution in [2.24, 2.45) is 5.92 Å². The SMILES string of the molecule is COC(=O)[N+](C)=CC1CCC(Oc2cc(F)ccc2Nc2ncnc3sc(C(=O)O)c(C)c23)CC1. The number of hydrogen-bond donors (Lipinski definition) is 2. The molecule has 1 aromatic carbocycles. The summed E-state index contributed by atoms with van der Waals surface area (Å²) in [5.74, 6) is -0.449. The number of hydrogen-bond acceptors (Lipinski definition) is 8. The number of methoxy groups -OCH3 is 1. The Kier molecular flexibility index (Phi) is 7.25. The first-order chi connectivity index (χ1) is 16.8. The van der Waals surface area contributed by atoms with E-state index in [0.29, 0.717) is 33.0 Å². The summed E-state index contributed by atoms with van der Waals surface area (Å²) < 4.78 is 26.5. The van der Waals surface area contributed by atoms with Crippen molar-refractivity contribution in [2.75, 3.05) is 19.5 Å². The number of carbonyl (C=O) groups excluding carboxylic acids is 1. The molecule has 1 fully saturated rings. The first-order valence-corrected chi connectivity index (χ1v) is 11.9. The summed E-state index contributed by atoms with van der Waals surface area (Å²) in [6, 6.07) is 4.22. The van der Waals surface area contributed by atoms with Gasteiger partial charge in [0.25, 0.3) is 0 Å². The smallest absolute Gasteiger partial charge is 0.488 e. The standard InChI is InChI=1S/C24H25FN4O5S/c1-13-19-21(26-12-27-22(19)35-20(13)23(30)31)28-17-9-6-15(25)10-18(17)34-16-7-4-14(5-8-16)11-29(2)24(32)33-3/h6,9-12,14,16H,4-5,7-8H2,1-3H3,(H-,26,27,28,30,31)/p+1. The van der Waals surface area contributed by atoms with E-state index < -0.39 is 17.9 Å². The first-order valence-electron chi connectivity index (χ1n) is 11.1. The number of rotatable bonds is 6. The van der Waals surface area contributed by atoms with Crippen molar-refractivity contribution in [2.45, 2.75) is 38.7 Å². The quantitative estimate of drug-likeness (QED) is 0.358. The summed E-state index contributed by atoms with van der Waals surface area (Å²) >= 11 is 1.08. The monoisotopic (exact) mass is 501 g/mol. The minimum absolute atomic E-state index is 0.114. The van der Waals surface area contributed by atoms with Gasteiger partial charge in [-0.3, -0.25) is 0 Å². The Morgan fingerprint density at radius 2 is 2.00 bits per heavy atom. The predicted molar refractivity (Wildman–Crippen MR) is 130 cm³/mol. The van der Waals surface area contributed by atoms with Crippen LogP contribution in [0.2, 0.25) is 0 Å². The molecule has 0 atom stereocenters. The number of anilines is 2. The molecule has 11 heteroatoms. The molecule has 3 aromatic rings. The molecule has 184 valence electrons. The molecule has 1 saturated carbocycles. The fourth-order valence-electron chi connectivity index (χ4n) is 4.25. The van der Waals surface area contributed by atoms with Crippen LogP contribution in [0.5, 0.6) is 5.75 Å². The lowest BCUT2D eigenvalue weighted by Crippen LogP contribution is -2.28. The van der Waals surface area contributed by atoms with E-state index in [1.807, 2.05) is 6.21 Å². The summed E-state index contributed by atoms with van der Waals surface area (Å²) in [6.07, 6.45) is 5.84. The van der Waals surface area contributed by atoms with Crippen molar-refractivity contribution in [3.8, 4) is 5.75 Å². The predicted octanol–water partition coefficient (Wildman–Crippen LogP) is 5.00. The molecule has 2 heterocycles. The van der Waals surface area contributed by atoms with Gasteiger partial charge in [-0.05, 0) is 50.3 Å². The van der Waals surface area contributed by atoms with Crippen LogP contribution in [0.3, 0.4) is 0 Å². The number of halogens is 1. The van der Waals surface area contributed by atoms with Crippen LogP contribution in [0, 0.1) is 18.7 Å². The van der Waals surface area contributed by atoms with Gasteiger partial charge >= 0.3 is 12.1 Å². The molecule has 9 nitrogen and oxygen atoms in total. The van der Waals surface area contributed by atoms with E-state index in [0.717, 1.165) is 37.0 Å². The molecule has 2 N–H and O–H groups in total. The highest BCUT2D eigenvalue weighted by atomic mass is 32.1. The van der Waals surface area contributed by atoms with E-state index in [2.05, 4.69) is 15.3 Å². The normalized spacial score (nSPS) is 18.3. The number of carboxylic acids is 1. The Bertz CT molecular complexity index is 1300. The molecule has 0 spiro atoms. The van der Waals surface area contributed by atoms with Gasteiger partial charge < -0.3 is 19.9 Å². The van der Waals surface area contributed by atoms with Crippen LogP contribution in [0.1, 0.15) is 40.9 Å². The largest absolute Gasteiger partial charge is 0.595 e. The number of carbonyl (C=O) groups is 2. The van der Waals surface area contributed by atoms with Gasteiger partial charge in [0, 0.05) is 12.0 Å². The Morgan fingerprint density at radius 1 is 1.26 bits per heavy atom. The van der Waals surface area contributed by atoms with E-state index >= 15 is 0 Å². The second kappa shape index (κ2) is 10.3. The third kappa shape index (κ3) is 5.40. The van der Waals surface area contributed by atoms with Gasteiger partial charge in [-0.2, -0.15) is 4.79 Å². The van der Waals surface area contributed by atoms with Gasteiger partial charge in [-0.1, -0.05) is 0 Å². The van der Waals surface area contributed by atoms with Gasteiger partial charge in [-0.25, -0.2) is 19.2 Å². The number of fused-ring (bicyclic) bond motifs is 1. The highest BCUT2D eigenvalue weighted by molar-refractivity contribution is 7.20. The van der Waals surface area contributed by atoms with Crippen molar-refractivity contribution in [3.63, 3.8) is 0 Å². The molecule has 35 heavy (non-hydrogen) atoms. The Morgan fingerprint density at radius 3 is 2.69 bits per heavy atom. The van der Waals surface area contributed by atoms with Crippen LogP contribution in [0.4, 0.5) is 20.7 Å². The van der Waals surface area contributed by atoms with E-state index in [1.165, 1.54) is 30.1 Å². The number of carboxylic acid groups (broad SMARTS) is 1. The molecule has 1 aliphatic carbocycles. The zero-order valence-electron chi connectivity index (χ0n) is 19.6. The topological polar surface area (TPSA) is 114 Å². The molecule has 2 aromatic heterocycles. The number of ether oxygens (including phenoxy) is 2. The maximum atomic E-state index is 14.1. The zero-order valence-corrected chi connectivity index (χ0v) is 20.4. The molecular formula is C24H26FN4O5S+. The number of nitrogens with zero attached hydrogens (tertiary/aromatic N) is 3. The second-order valence-corrected chi connectivity index (χ2v) is 9.41. The third-order valence-electron chi connectivity index (χ3n) is 6.03. The Balaban J connectivity index is 1.52. The Hall–Kier alpha value is -3.60. The maximum absolute atomic E-state index is 14.1. The summed E-state index contributed by atoms with van der Waals surface area (Å²) in [6.45, 7) is 1.71. The average Bonchev–Trinajstić information content (AvgIpc) is 3.19. The molecule has 4 rings (SSSR count). The van der Waals surface area contributed by atoms with Gasteiger partial charge in [0.05, 0.1) is 24.3 Å². The highest BCUT2D eigenvalue weighted by Crippen LogP contribution is 2.37. The lowest BCUT2D eigenvalue weighted by Gasteiger charge is -2.27. The Labute approximate surface area is 205 Å². The van der Waals surface area contributed by atoms with Crippen molar-refractivity contribution >= 4 is 51.3 Å². The van der Waals surface area contributed by atoms with E-state index in [-0.39, 0.29) is 16.9 Å². The number of benzene rings is 1. The molecule has 0 aliphatic heterocycles. The fourth-order valence-corrected chi connectivity index (χ4v) is 5.24. The number of aromatic nitrogens is 2. The van der Waals surface area contributed by atoms with Gasteiger partial charge in [0.2, 0.25) is 0 Å². The van der Waals surface area contributed by atoms with Crippen molar-refractivity contribution in [1.82, 2.24) is 9.97 Å². The minimum Gasteiger partial charge on any atom is -0.488 e.